The van der Waals surface area contributed by atoms with Crippen LogP contribution in [0.1, 0.15) is 19.3 Å². The van der Waals surface area contributed by atoms with Gasteiger partial charge in [0.2, 0.25) is 5.89 Å². The number of thiophene rings is 1. The van der Waals surface area contributed by atoms with Gasteiger partial charge < -0.3 is 4.42 Å². The quantitative estimate of drug-likeness (QED) is 0.250. The lowest BCUT2D eigenvalue weighted by Crippen LogP contribution is -2.11. The number of para-hydroxylation sites is 1. The molecule has 0 atom stereocenters. The van der Waals surface area contributed by atoms with Crippen molar-refractivity contribution < 1.29 is 4.42 Å². The normalized spacial score (nSPS) is 14.1. The molecule has 0 fully saturated rings. The number of benzene rings is 1. The summed E-state index contributed by atoms with van der Waals surface area (Å²) in [6.45, 7) is 0. The number of hydrogen-bond acceptors (Lipinski definition) is 8. The van der Waals surface area contributed by atoms with Crippen LogP contribution >= 0.6 is 23.1 Å². The van der Waals surface area contributed by atoms with Gasteiger partial charge in [0.25, 0.3) is 5.22 Å². The summed E-state index contributed by atoms with van der Waals surface area (Å²) in [5.41, 5.74) is 2.40. The van der Waals surface area contributed by atoms with Crippen LogP contribution in [0.15, 0.2) is 67.7 Å². The molecular weight excluding hydrogens is 414 g/mol. The monoisotopic (exact) mass is 431 g/mol. The van der Waals surface area contributed by atoms with Crippen molar-refractivity contribution in [2.45, 2.75) is 30.1 Å². The summed E-state index contributed by atoms with van der Waals surface area (Å²) in [4.78, 5) is 5.90. The fourth-order valence-corrected chi connectivity index (χ4v) is 4.78. The Labute approximate surface area is 181 Å². The van der Waals surface area contributed by atoms with Crippen molar-refractivity contribution in [1.29, 1.82) is 0 Å². The van der Waals surface area contributed by atoms with Gasteiger partial charge in [-0.15, -0.1) is 33.9 Å². The highest BCUT2D eigenvalue weighted by atomic mass is 32.2. The second kappa shape index (κ2) is 8.01. The van der Waals surface area contributed by atoms with Crippen LogP contribution in [0.25, 0.3) is 32.9 Å². The lowest BCUT2D eigenvalue weighted by atomic mass is 10.1. The standard InChI is InChI=1S/C22H17N5OS2/c1-2-3-10-22(26-27-22)11-13-30-21-25-24-20(28-21)16-14-18(19-9-6-12-29-19)23-17-8-5-4-7-15(16)17/h1,4-9,12,14H,3,10-11,13H2. The van der Waals surface area contributed by atoms with E-state index in [-0.39, 0.29) is 5.66 Å². The Kier molecular flexibility index (Phi) is 5.07. The van der Waals surface area contributed by atoms with E-state index >= 15 is 0 Å². The Balaban J connectivity index is 1.37. The van der Waals surface area contributed by atoms with Crippen molar-refractivity contribution in [3.05, 3.63) is 47.8 Å². The molecule has 0 amide bonds. The molecule has 4 heterocycles. The first kappa shape index (κ1) is 19.0. The van der Waals surface area contributed by atoms with Crippen molar-refractivity contribution in [2.75, 3.05) is 5.75 Å². The van der Waals surface area contributed by atoms with Crippen LogP contribution < -0.4 is 0 Å². The summed E-state index contributed by atoms with van der Waals surface area (Å²) in [5.74, 6) is 3.94. The van der Waals surface area contributed by atoms with Crippen molar-refractivity contribution in [3.63, 3.8) is 0 Å². The van der Waals surface area contributed by atoms with E-state index in [1.165, 1.54) is 11.8 Å². The van der Waals surface area contributed by atoms with Crippen molar-refractivity contribution in [2.24, 2.45) is 10.2 Å². The highest BCUT2D eigenvalue weighted by Gasteiger charge is 2.38. The van der Waals surface area contributed by atoms with Crippen molar-refractivity contribution in [1.82, 2.24) is 15.2 Å². The van der Waals surface area contributed by atoms with Crippen LogP contribution in [0.3, 0.4) is 0 Å². The topological polar surface area (TPSA) is 76.5 Å². The Bertz CT molecular complexity index is 1250. The molecule has 0 saturated carbocycles. The molecular formula is C22H17N5OS2. The van der Waals surface area contributed by atoms with Crippen molar-refractivity contribution in [3.8, 4) is 34.4 Å². The number of pyridine rings is 1. The number of thioether (sulfide) groups is 1. The molecule has 8 heteroatoms. The van der Waals surface area contributed by atoms with Gasteiger partial charge in [0, 0.05) is 30.4 Å². The molecule has 0 unspecified atom stereocenters. The molecule has 148 valence electrons. The van der Waals surface area contributed by atoms with E-state index in [1.807, 2.05) is 41.8 Å². The summed E-state index contributed by atoms with van der Waals surface area (Å²) in [6, 6.07) is 14.1. The second-order valence-electron chi connectivity index (χ2n) is 6.91. The van der Waals surface area contributed by atoms with E-state index in [0.717, 1.165) is 45.6 Å². The third-order valence-corrected chi connectivity index (χ3v) is 6.62. The predicted octanol–water partition coefficient (Wildman–Crippen LogP) is 6.07. The van der Waals surface area contributed by atoms with Crippen LogP contribution in [0, 0.1) is 12.3 Å². The SMILES string of the molecule is C#CCCC1(CCSc2nnc(-c3cc(-c4cccs4)nc4ccccc34)o2)N=N1. The molecule has 0 saturated heterocycles. The van der Waals surface area contributed by atoms with Gasteiger partial charge in [-0.1, -0.05) is 36.0 Å². The van der Waals surface area contributed by atoms with Gasteiger partial charge in [0.15, 0.2) is 5.66 Å². The van der Waals surface area contributed by atoms with Crippen LogP contribution in [-0.4, -0.2) is 26.6 Å². The molecule has 1 aliphatic heterocycles. The molecule has 5 rings (SSSR count). The second-order valence-corrected chi connectivity index (χ2v) is 8.90. The fourth-order valence-electron chi connectivity index (χ4n) is 3.25. The molecule has 0 spiro atoms. The number of fused-ring (bicyclic) bond motifs is 1. The third-order valence-electron chi connectivity index (χ3n) is 4.91. The van der Waals surface area contributed by atoms with Gasteiger partial charge in [-0.3, -0.25) is 0 Å². The maximum atomic E-state index is 5.99. The van der Waals surface area contributed by atoms with Gasteiger partial charge in [0.05, 0.1) is 21.7 Å². The van der Waals surface area contributed by atoms with Crippen LogP contribution in [-0.2, 0) is 0 Å². The van der Waals surface area contributed by atoms with E-state index in [2.05, 4.69) is 32.4 Å². The zero-order chi connectivity index (χ0) is 20.4. The number of hydrogen-bond donors (Lipinski definition) is 0. The summed E-state index contributed by atoms with van der Waals surface area (Å²) < 4.78 is 5.99. The number of aromatic nitrogens is 3. The summed E-state index contributed by atoms with van der Waals surface area (Å²) >= 11 is 3.17. The molecule has 0 aliphatic carbocycles. The van der Waals surface area contributed by atoms with E-state index in [0.29, 0.717) is 17.5 Å². The average molecular weight is 432 g/mol. The first-order valence-corrected chi connectivity index (χ1v) is 11.4. The zero-order valence-electron chi connectivity index (χ0n) is 16.0. The predicted molar refractivity (Wildman–Crippen MR) is 119 cm³/mol. The zero-order valence-corrected chi connectivity index (χ0v) is 17.6. The molecule has 1 aliphatic rings. The van der Waals surface area contributed by atoms with Gasteiger partial charge >= 0.3 is 0 Å². The molecule has 4 aromatic rings. The summed E-state index contributed by atoms with van der Waals surface area (Å²) in [5, 5.41) is 20.4. The fraction of sp³-hybridized carbons (Fsp3) is 0.227. The smallest absolute Gasteiger partial charge is 0.276 e. The highest BCUT2D eigenvalue weighted by molar-refractivity contribution is 7.99. The maximum absolute atomic E-state index is 5.99. The Hall–Kier alpha value is -3.02. The lowest BCUT2D eigenvalue weighted by Gasteiger charge is -2.07. The van der Waals surface area contributed by atoms with Gasteiger partial charge in [-0.05, 0) is 23.6 Å². The maximum Gasteiger partial charge on any atom is 0.276 e. The minimum absolute atomic E-state index is 0.293. The minimum Gasteiger partial charge on any atom is -0.411 e. The van der Waals surface area contributed by atoms with Gasteiger partial charge in [0.1, 0.15) is 0 Å². The van der Waals surface area contributed by atoms with Gasteiger partial charge in [-0.2, -0.15) is 10.2 Å². The third kappa shape index (κ3) is 3.86. The first-order valence-electron chi connectivity index (χ1n) is 9.54. The molecule has 1 aromatic carbocycles. The first-order chi connectivity index (χ1) is 14.8. The van der Waals surface area contributed by atoms with Crippen LogP contribution in [0.4, 0.5) is 0 Å². The van der Waals surface area contributed by atoms with E-state index in [1.54, 1.807) is 11.3 Å². The molecule has 6 nitrogen and oxygen atoms in total. The molecule has 0 N–H and O–H groups in total. The minimum atomic E-state index is -0.293. The number of terminal acetylenes is 1. The molecule has 0 bridgehead atoms. The lowest BCUT2D eigenvalue weighted by molar-refractivity contribution is 0.465. The van der Waals surface area contributed by atoms with Crippen LogP contribution in [0.5, 0.6) is 0 Å². The average Bonchev–Trinajstić information content (AvgIpc) is 3.16. The Morgan fingerprint density at radius 3 is 2.80 bits per heavy atom. The molecule has 0 radical (unpaired) electrons. The summed E-state index contributed by atoms with van der Waals surface area (Å²) in [6.07, 6.45) is 7.65. The largest absolute Gasteiger partial charge is 0.411 e. The van der Waals surface area contributed by atoms with E-state index < -0.39 is 0 Å². The van der Waals surface area contributed by atoms with E-state index in [9.17, 15) is 0 Å². The Morgan fingerprint density at radius 1 is 1.10 bits per heavy atom. The molecule has 3 aromatic heterocycles. The molecule has 30 heavy (non-hydrogen) atoms. The van der Waals surface area contributed by atoms with Crippen molar-refractivity contribution >= 4 is 34.0 Å². The number of rotatable bonds is 8. The highest BCUT2D eigenvalue weighted by Crippen LogP contribution is 2.39. The van der Waals surface area contributed by atoms with Gasteiger partial charge in [-0.25, -0.2) is 4.98 Å². The van der Waals surface area contributed by atoms with Crippen LogP contribution in [0.2, 0.25) is 0 Å². The van der Waals surface area contributed by atoms with E-state index in [4.69, 9.17) is 15.8 Å². The Morgan fingerprint density at radius 2 is 2.00 bits per heavy atom. The summed E-state index contributed by atoms with van der Waals surface area (Å²) in [7, 11) is 0. The number of nitrogens with zero attached hydrogens (tertiary/aromatic N) is 5.